The zero-order valence-corrected chi connectivity index (χ0v) is 17.7. The number of halogens is 1. The van der Waals surface area contributed by atoms with Gasteiger partial charge in [0.1, 0.15) is 11.5 Å². The zero-order valence-electron chi connectivity index (χ0n) is 16.1. The van der Waals surface area contributed by atoms with Crippen molar-refractivity contribution in [3.63, 3.8) is 0 Å². The Morgan fingerprint density at radius 1 is 1.21 bits per heavy atom. The summed E-state index contributed by atoms with van der Waals surface area (Å²) in [6.45, 7) is 5.97. The Balaban J connectivity index is 1.51. The van der Waals surface area contributed by atoms with Crippen LogP contribution in [0.25, 0.3) is 0 Å². The summed E-state index contributed by atoms with van der Waals surface area (Å²) >= 11 is 3.24. The number of carbonyl (C=O) groups excluding carboxylic acids is 2. The molecule has 0 bridgehead atoms. The number of hydrogen-bond acceptors (Lipinski definition) is 6. The molecule has 1 fully saturated rings. The van der Waals surface area contributed by atoms with E-state index < -0.39 is 4.92 Å². The lowest BCUT2D eigenvalue weighted by Crippen LogP contribution is -2.50. The normalized spacial score (nSPS) is 14.7. The lowest BCUT2D eigenvalue weighted by Gasteiger charge is -2.34. The molecule has 0 unspecified atom stereocenters. The van der Waals surface area contributed by atoms with Crippen LogP contribution in [0.4, 0.5) is 11.4 Å². The van der Waals surface area contributed by atoms with Gasteiger partial charge in [0.15, 0.2) is 0 Å². The molecular weight excluding hydrogens is 444 g/mol. The van der Waals surface area contributed by atoms with Gasteiger partial charge in [-0.25, -0.2) is 0 Å². The Kier molecular flexibility index (Phi) is 6.33. The molecule has 2 heterocycles. The van der Waals surface area contributed by atoms with Crippen LogP contribution in [-0.4, -0.2) is 59.3 Å². The number of carbonyl (C=O) groups is 2. The number of nitrogens with zero attached hydrogens (tertiary/aromatic N) is 3. The first-order chi connectivity index (χ1) is 13.7. The van der Waals surface area contributed by atoms with Crippen LogP contribution < -0.4 is 5.32 Å². The predicted octanol–water partition coefficient (Wildman–Crippen LogP) is 2.96. The van der Waals surface area contributed by atoms with Crippen LogP contribution in [0.1, 0.15) is 21.9 Å². The number of nitro benzene ring substituents is 1. The summed E-state index contributed by atoms with van der Waals surface area (Å²) in [4.78, 5) is 39.0. The number of piperazine rings is 1. The van der Waals surface area contributed by atoms with Crippen molar-refractivity contribution in [2.45, 2.75) is 13.8 Å². The number of nitro groups is 1. The van der Waals surface area contributed by atoms with Crippen LogP contribution in [0.5, 0.6) is 0 Å². The van der Waals surface area contributed by atoms with Crippen molar-refractivity contribution in [2.24, 2.45) is 0 Å². The van der Waals surface area contributed by atoms with Crippen LogP contribution in [0.15, 0.2) is 33.2 Å². The summed E-state index contributed by atoms with van der Waals surface area (Å²) in [5.41, 5.74) is 0.996. The highest BCUT2D eigenvalue weighted by atomic mass is 79.9. The molecule has 1 aliphatic rings. The molecule has 9 nitrogen and oxygen atoms in total. The molecule has 1 saturated heterocycles. The molecule has 0 spiro atoms. The van der Waals surface area contributed by atoms with E-state index in [4.69, 9.17) is 4.42 Å². The Morgan fingerprint density at radius 2 is 1.90 bits per heavy atom. The van der Waals surface area contributed by atoms with Crippen molar-refractivity contribution in [1.29, 1.82) is 0 Å². The van der Waals surface area contributed by atoms with Gasteiger partial charge in [-0.15, -0.1) is 0 Å². The van der Waals surface area contributed by atoms with Gasteiger partial charge in [-0.2, -0.15) is 0 Å². The zero-order chi connectivity index (χ0) is 21.1. The number of hydrogen-bond donors (Lipinski definition) is 1. The summed E-state index contributed by atoms with van der Waals surface area (Å²) in [6, 6.07) is 5.93. The number of amides is 2. The van der Waals surface area contributed by atoms with Crippen molar-refractivity contribution in [3.05, 3.63) is 55.9 Å². The number of anilines is 1. The van der Waals surface area contributed by atoms with Gasteiger partial charge in [-0.3, -0.25) is 24.6 Å². The summed E-state index contributed by atoms with van der Waals surface area (Å²) in [5, 5.41) is 13.5. The molecule has 1 aromatic heterocycles. The lowest BCUT2D eigenvalue weighted by molar-refractivity contribution is -0.384. The van der Waals surface area contributed by atoms with Crippen molar-refractivity contribution < 1.29 is 18.9 Å². The molecule has 29 heavy (non-hydrogen) atoms. The van der Waals surface area contributed by atoms with Crippen molar-refractivity contribution in [3.8, 4) is 0 Å². The minimum atomic E-state index is -0.497. The SMILES string of the molecule is Cc1cc(C(=O)N2CCN(CC(=O)Nc3ccc([N+](=O)[O-])cc3Br)CC2)c(C)o1. The number of furan rings is 1. The highest BCUT2D eigenvalue weighted by Gasteiger charge is 2.25. The minimum Gasteiger partial charge on any atom is -0.466 e. The van der Waals surface area contributed by atoms with Gasteiger partial charge in [0.05, 0.1) is 22.7 Å². The molecule has 1 aliphatic heterocycles. The largest absolute Gasteiger partial charge is 0.466 e. The first kappa shape index (κ1) is 21.0. The first-order valence-electron chi connectivity index (χ1n) is 9.07. The third-order valence-electron chi connectivity index (χ3n) is 4.74. The fourth-order valence-corrected chi connectivity index (χ4v) is 3.70. The molecule has 0 saturated carbocycles. The topological polar surface area (TPSA) is 109 Å². The molecular formula is C19H21BrN4O5. The van der Waals surface area contributed by atoms with E-state index in [9.17, 15) is 19.7 Å². The van der Waals surface area contributed by atoms with E-state index in [1.807, 2.05) is 11.8 Å². The Bertz CT molecular complexity index is 950. The number of nitrogens with one attached hydrogen (secondary N) is 1. The van der Waals surface area contributed by atoms with E-state index in [0.29, 0.717) is 53.4 Å². The standard InChI is InChI=1S/C19H21BrN4O5/c1-12-9-15(13(2)29-12)19(26)23-7-5-22(6-8-23)11-18(25)21-17-4-3-14(24(27)28)10-16(17)20/h3-4,9-10H,5-8,11H2,1-2H3,(H,21,25). The van der Waals surface area contributed by atoms with Gasteiger partial charge in [0.25, 0.3) is 11.6 Å². The van der Waals surface area contributed by atoms with Crippen LogP contribution in [-0.2, 0) is 4.79 Å². The average Bonchev–Trinajstić information content (AvgIpc) is 3.01. The third kappa shape index (κ3) is 5.01. The molecule has 10 heteroatoms. The summed E-state index contributed by atoms with van der Waals surface area (Å²) in [5.74, 6) is 1.04. The van der Waals surface area contributed by atoms with E-state index in [2.05, 4.69) is 21.2 Å². The first-order valence-corrected chi connectivity index (χ1v) is 9.86. The summed E-state index contributed by atoms with van der Waals surface area (Å²) in [7, 11) is 0. The van der Waals surface area contributed by atoms with Gasteiger partial charge in [0, 0.05) is 42.8 Å². The van der Waals surface area contributed by atoms with E-state index in [0.717, 1.165) is 0 Å². The molecule has 0 atom stereocenters. The van der Waals surface area contributed by atoms with E-state index in [1.165, 1.54) is 18.2 Å². The summed E-state index contributed by atoms with van der Waals surface area (Å²) in [6.07, 6.45) is 0. The molecule has 2 aromatic rings. The molecule has 3 rings (SSSR count). The van der Waals surface area contributed by atoms with Crippen molar-refractivity contribution in [1.82, 2.24) is 9.80 Å². The summed E-state index contributed by atoms with van der Waals surface area (Å²) < 4.78 is 5.88. The third-order valence-corrected chi connectivity index (χ3v) is 5.39. The molecule has 0 aliphatic carbocycles. The van der Waals surface area contributed by atoms with Gasteiger partial charge in [0.2, 0.25) is 5.91 Å². The molecule has 1 aromatic carbocycles. The molecule has 2 amide bonds. The van der Waals surface area contributed by atoms with Crippen LogP contribution in [0.2, 0.25) is 0 Å². The van der Waals surface area contributed by atoms with Gasteiger partial charge in [-0.1, -0.05) is 0 Å². The van der Waals surface area contributed by atoms with Crippen molar-refractivity contribution in [2.75, 3.05) is 38.0 Å². The van der Waals surface area contributed by atoms with Gasteiger partial charge >= 0.3 is 0 Å². The van der Waals surface area contributed by atoms with Gasteiger partial charge in [-0.05, 0) is 41.9 Å². The molecule has 1 N–H and O–H groups in total. The van der Waals surface area contributed by atoms with Crippen LogP contribution >= 0.6 is 15.9 Å². The number of aryl methyl sites for hydroxylation is 2. The van der Waals surface area contributed by atoms with Gasteiger partial charge < -0.3 is 14.6 Å². The maximum atomic E-state index is 12.6. The Labute approximate surface area is 175 Å². The molecule has 154 valence electrons. The predicted molar refractivity (Wildman–Crippen MR) is 110 cm³/mol. The fourth-order valence-electron chi connectivity index (χ4n) is 3.23. The Hall–Kier alpha value is -2.72. The fraction of sp³-hybridized carbons (Fsp3) is 0.368. The minimum absolute atomic E-state index is 0.0567. The van der Waals surface area contributed by atoms with E-state index in [-0.39, 0.29) is 24.0 Å². The molecule has 0 radical (unpaired) electrons. The highest BCUT2D eigenvalue weighted by Crippen LogP contribution is 2.27. The van der Waals surface area contributed by atoms with E-state index >= 15 is 0 Å². The van der Waals surface area contributed by atoms with E-state index in [1.54, 1.807) is 17.9 Å². The smallest absolute Gasteiger partial charge is 0.270 e. The van der Waals surface area contributed by atoms with Crippen LogP contribution in [0, 0.1) is 24.0 Å². The van der Waals surface area contributed by atoms with Crippen molar-refractivity contribution >= 4 is 39.1 Å². The second kappa shape index (κ2) is 8.75. The number of non-ortho nitro benzene ring substituents is 1. The second-order valence-corrected chi connectivity index (χ2v) is 7.72. The van der Waals surface area contributed by atoms with Crippen LogP contribution in [0.3, 0.4) is 0 Å². The lowest BCUT2D eigenvalue weighted by atomic mass is 10.2. The maximum Gasteiger partial charge on any atom is 0.270 e. The monoisotopic (exact) mass is 464 g/mol. The number of rotatable bonds is 5. The quantitative estimate of drug-likeness (QED) is 0.537. The Morgan fingerprint density at radius 3 is 2.45 bits per heavy atom. The highest BCUT2D eigenvalue weighted by molar-refractivity contribution is 9.10. The number of benzene rings is 1. The average molecular weight is 465 g/mol. The second-order valence-electron chi connectivity index (χ2n) is 6.86. The maximum absolute atomic E-state index is 12.6.